The molecule has 0 aliphatic rings. The number of para-hydroxylation sites is 1. The first-order valence-corrected chi connectivity index (χ1v) is 7.88. The Morgan fingerprint density at radius 1 is 0.852 bits per heavy atom. The van der Waals surface area contributed by atoms with Gasteiger partial charge in [-0.1, -0.05) is 48.5 Å². The Hall–Kier alpha value is -3.62. The maximum absolute atomic E-state index is 13.7. The summed E-state index contributed by atoms with van der Waals surface area (Å²) in [5.74, 6) is -0.112. The van der Waals surface area contributed by atoms with Crippen LogP contribution in [0.2, 0.25) is 0 Å². The first-order chi connectivity index (χ1) is 13.0. The second-order valence-electron chi connectivity index (χ2n) is 5.57. The molecule has 27 heavy (non-hydrogen) atoms. The lowest BCUT2D eigenvalue weighted by molar-refractivity contribution is -0.140. The summed E-state index contributed by atoms with van der Waals surface area (Å²) < 4.78 is 42.3. The van der Waals surface area contributed by atoms with Crippen LogP contribution in [0.5, 0.6) is 0 Å². The van der Waals surface area contributed by atoms with Gasteiger partial charge in [0.1, 0.15) is 0 Å². The van der Waals surface area contributed by atoms with Crippen LogP contribution in [-0.4, -0.2) is 30.2 Å². The Bertz CT molecular complexity index is 1060. The molecule has 2 heterocycles. The standard InChI is InChI=1S/C18H11F3N6/c19-18(20,21)15-14(11-22-16(23-15)12-7-3-1-4-8-12)17-24-25-26-27(17)13-9-5-2-6-10-13/h1-11H. The van der Waals surface area contributed by atoms with Gasteiger partial charge in [0.2, 0.25) is 0 Å². The third-order valence-corrected chi connectivity index (χ3v) is 3.80. The molecule has 9 heteroatoms. The quantitative estimate of drug-likeness (QED) is 0.550. The molecule has 0 saturated heterocycles. The summed E-state index contributed by atoms with van der Waals surface area (Å²) in [6.45, 7) is 0. The molecule has 0 saturated carbocycles. The minimum atomic E-state index is -4.70. The van der Waals surface area contributed by atoms with Crippen LogP contribution >= 0.6 is 0 Å². The first kappa shape index (κ1) is 16.8. The zero-order valence-corrected chi connectivity index (χ0v) is 13.7. The fourth-order valence-electron chi connectivity index (χ4n) is 2.59. The second kappa shape index (κ2) is 6.60. The Labute approximate surface area is 151 Å². The van der Waals surface area contributed by atoms with Crippen LogP contribution in [0.3, 0.4) is 0 Å². The highest BCUT2D eigenvalue weighted by molar-refractivity contribution is 5.63. The van der Waals surface area contributed by atoms with E-state index in [2.05, 4.69) is 25.5 Å². The molecule has 2 aromatic heterocycles. The van der Waals surface area contributed by atoms with E-state index in [4.69, 9.17) is 0 Å². The molecule has 0 radical (unpaired) electrons. The minimum Gasteiger partial charge on any atom is -0.236 e. The third-order valence-electron chi connectivity index (χ3n) is 3.80. The van der Waals surface area contributed by atoms with Crippen molar-refractivity contribution in [3.63, 3.8) is 0 Å². The van der Waals surface area contributed by atoms with Crippen molar-refractivity contribution in [2.45, 2.75) is 6.18 Å². The molecular formula is C18H11F3N6. The van der Waals surface area contributed by atoms with Gasteiger partial charge in [-0.3, -0.25) is 0 Å². The molecule has 0 aliphatic heterocycles. The number of alkyl halides is 3. The molecule has 0 aliphatic carbocycles. The van der Waals surface area contributed by atoms with Crippen molar-refractivity contribution in [3.8, 4) is 28.5 Å². The topological polar surface area (TPSA) is 69.4 Å². The molecule has 0 spiro atoms. The third kappa shape index (κ3) is 3.26. The number of rotatable bonds is 3. The maximum Gasteiger partial charge on any atom is 0.434 e. The second-order valence-corrected chi connectivity index (χ2v) is 5.57. The summed E-state index contributed by atoms with van der Waals surface area (Å²) in [5, 5.41) is 11.1. The molecule has 0 unspecified atom stereocenters. The van der Waals surface area contributed by atoms with E-state index >= 15 is 0 Å². The smallest absolute Gasteiger partial charge is 0.236 e. The Balaban J connectivity index is 1.89. The van der Waals surface area contributed by atoms with E-state index in [9.17, 15) is 13.2 Å². The van der Waals surface area contributed by atoms with E-state index in [1.54, 1.807) is 60.7 Å². The summed E-state index contributed by atoms with van der Waals surface area (Å²) in [4.78, 5) is 7.85. The number of hydrogen-bond acceptors (Lipinski definition) is 5. The molecule has 4 rings (SSSR count). The van der Waals surface area contributed by atoms with Crippen LogP contribution in [-0.2, 0) is 6.18 Å². The van der Waals surface area contributed by atoms with Gasteiger partial charge >= 0.3 is 6.18 Å². The molecule has 134 valence electrons. The zero-order valence-electron chi connectivity index (χ0n) is 13.7. The average Bonchev–Trinajstić information content (AvgIpc) is 3.18. The fraction of sp³-hybridized carbons (Fsp3) is 0.0556. The van der Waals surface area contributed by atoms with E-state index < -0.39 is 11.9 Å². The molecule has 4 aromatic rings. The van der Waals surface area contributed by atoms with Gasteiger partial charge in [0.15, 0.2) is 17.3 Å². The van der Waals surface area contributed by atoms with E-state index in [-0.39, 0.29) is 17.2 Å². The average molecular weight is 368 g/mol. The summed E-state index contributed by atoms with van der Waals surface area (Å²) >= 11 is 0. The van der Waals surface area contributed by atoms with Crippen molar-refractivity contribution in [1.29, 1.82) is 0 Å². The molecule has 0 N–H and O–H groups in total. The lowest BCUT2D eigenvalue weighted by Crippen LogP contribution is -2.13. The summed E-state index contributed by atoms with van der Waals surface area (Å²) in [5.41, 5.74) is -0.380. The molecule has 6 nitrogen and oxygen atoms in total. The van der Waals surface area contributed by atoms with Gasteiger partial charge in [-0.15, -0.1) is 5.10 Å². The van der Waals surface area contributed by atoms with E-state index in [1.165, 1.54) is 4.68 Å². The van der Waals surface area contributed by atoms with Crippen molar-refractivity contribution < 1.29 is 13.2 Å². The normalized spacial score (nSPS) is 11.5. The van der Waals surface area contributed by atoms with E-state index in [1.807, 2.05) is 0 Å². The van der Waals surface area contributed by atoms with Crippen molar-refractivity contribution >= 4 is 0 Å². The Morgan fingerprint density at radius 3 is 2.19 bits per heavy atom. The predicted octanol–water partition coefficient (Wildman–Crippen LogP) is 3.81. The Morgan fingerprint density at radius 2 is 1.52 bits per heavy atom. The highest BCUT2D eigenvalue weighted by Crippen LogP contribution is 2.36. The molecule has 0 amide bonds. The van der Waals surface area contributed by atoms with E-state index in [0.29, 0.717) is 11.3 Å². The highest BCUT2D eigenvalue weighted by atomic mass is 19.4. The summed E-state index contributed by atoms with van der Waals surface area (Å²) in [6.07, 6.45) is -3.60. The van der Waals surface area contributed by atoms with Crippen LogP contribution in [0.15, 0.2) is 66.9 Å². The molecular weight excluding hydrogens is 357 g/mol. The van der Waals surface area contributed by atoms with Gasteiger partial charge in [0.05, 0.1) is 11.3 Å². The molecule has 0 fully saturated rings. The maximum atomic E-state index is 13.7. The zero-order chi connectivity index (χ0) is 18.9. The molecule has 0 atom stereocenters. The first-order valence-electron chi connectivity index (χ1n) is 7.88. The van der Waals surface area contributed by atoms with Gasteiger partial charge in [-0.25, -0.2) is 9.97 Å². The van der Waals surface area contributed by atoms with Gasteiger partial charge in [0.25, 0.3) is 0 Å². The lowest BCUT2D eigenvalue weighted by atomic mass is 10.1. The summed E-state index contributed by atoms with van der Waals surface area (Å²) in [7, 11) is 0. The lowest BCUT2D eigenvalue weighted by Gasteiger charge is -2.13. The number of hydrogen-bond donors (Lipinski definition) is 0. The van der Waals surface area contributed by atoms with Crippen LogP contribution in [0.25, 0.3) is 28.5 Å². The SMILES string of the molecule is FC(F)(F)c1nc(-c2ccccc2)ncc1-c1nnnn1-c1ccccc1. The number of halogens is 3. The van der Waals surface area contributed by atoms with Gasteiger partial charge in [-0.2, -0.15) is 17.9 Å². The van der Waals surface area contributed by atoms with Crippen molar-refractivity contribution in [2.24, 2.45) is 0 Å². The number of nitrogens with zero attached hydrogens (tertiary/aromatic N) is 6. The highest BCUT2D eigenvalue weighted by Gasteiger charge is 2.38. The predicted molar refractivity (Wildman–Crippen MR) is 90.6 cm³/mol. The van der Waals surface area contributed by atoms with Crippen LogP contribution < -0.4 is 0 Å². The van der Waals surface area contributed by atoms with Gasteiger partial charge < -0.3 is 0 Å². The van der Waals surface area contributed by atoms with E-state index in [0.717, 1.165) is 6.20 Å². The molecule has 0 bridgehead atoms. The van der Waals surface area contributed by atoms with Gasteiger partial charge in [0, 0.05) is 11.8 Å². The minimum absolute atomic E-state index is 0.0228. The number of aromatic nitrogens is 6. The number of tetrazole rings is 1. The van der Waals surface area contributed by atoms with Crippen molar-refractivity contribution in [1.82, 2.24) is 30.2 Å². The van der Waals surface area contributed by atoms with Gasteiger partial charge in [-0.05, 0) is 22.6 Å². The van der Waals surface area contributed by atoms with Crippen LogP contribution in [0.1, 0.15) is 5.69 Å². The largest absolute Gasteiger partial charge is 0.434 e. The van der Waals surface area contributed by atoms with Crippen LogP contribution in [0, 0.1) is 0 Å². The van der Waals surface area contributed by atoms with Crippen LogP contribution in [0.4, 0.5) is 13.2 Å². The monoisotopic (exact) mass is 368 g/mol. The molecule has 2 aromatic carbocycles. The van der Waals surface area contributed by atoms with Crippen molar-refractivity contribution in [3.05, 3.63) is 72.6 Å². The van der Waals surface area contributed by atoms with Crippen molar-refractivity contribution in [2.75, 3.05) is 0 Å². The fourth-order valence-corrected chi connectivity index (χ4v) is 2.59. The summed E-state index contributed by atoms with van der Waals surface area (Å²) in [6, 6.07) is 17.1. The number of benzene rings is 2. The Kier molecular flexibility index (Phi) is 4.11.